The average molecular weight is 258 g/mol. The number of aromatic hydroxyl groups is 1. The molecule has 0 aliphatic rings. The summed E-state index contributed by atoms with van der Waals surface area (Å²) in [5.74, 6) is 0.308. The fraction of sp³-hybridized carbons (Fsp3) is 0.250. The van der Waals surface area contributed by atoms with E-state index in [4.69, 9.17) is 0 Å². The van der Waals surface area contributed by atoms with Gasteiger partial charge in [0.25, 0.3) is 0 Å². The predicted molar refractivity (Wildman–Crippen MR) is 77.4 cm³/mol. The molecule has 0 unspecified atom stereocenters. The van der Waals surface area contributed by atoms with Crippen molar-refractivity contribution < 1.29 is 5.11 Å². The molecule has 0 heterocycles. The van der Waals surface area contributed by atoms with Crippen molar-refractivity contribution in [2.75, 3.05) is 0 Å². The first-order chi connectivity index (χ1) is 8.45. The molecular weight excluding hydrogens is 240 g/mol. The number of benzene rings is 2. The maximum Gasteiger partial charge on any atom is 0.115 e. The average Bonchev–Trinajstić information content (AvgIpc) is 2.32. The molecular formula is C16H18OS. The number of hydrogen-bond acceptors (Lipinski definition) is 2. The van der Waals surface area contributed by atoms with Gasteiger partial charge in [0.1, 0.15) is 5.75 Å². The van der Waals surface area contributed by atoms with Gasteiger partial charge in [-0.1, -0.05) is 44.7 Å². The summed E-state index contributed by atoms with van der Waals surface area (Å²) in [4.78, 5) is 2.35. The van der Waals surface area contributed by atoms with Gasteiger partial charge in [-0.2, -0.15) is 0 Å². The zero-order valence-electron chi connectivity index (χ0n) is 11.0. The summed E-state index contributed by atoms with van der Waals surface area (Å²) in [6.45, 7) is 6.65. The Morgan fingerprint density at radius 3 is 1.67 bits per heavy atom. The molecule has 2 aromatic rings. The Bertz CT molecular complexity index is 506. The molecule has 18 heavy (non-hydrogen) atoms. The summed E-state index contributed by atoms with van der Waals surface area (Å²) in [6, 6.07) is 16.0. The van der Waals surface area contributed by atoms with Crippen LogP contribution in [0.5, 0.6) is 5.75 Å². The molecule has 0 fully saturated rings. The van der Waals surface area contributed by atoms with E-state index in [1.54, 1.807) is 23.9 Å². The summed E-state index contributed by atoms with van der Waals surface area (Å²) < 4.78 is 0. The summed E-state index contributed by atoms with van der Waals surface area (Å²) in [5.41, 5.74) is 1.54. The summed E-state index contributed by atoms with van der Waals surface area (Å²) in [6.07, 6.45) is 0. The standard InChI is InChI=1S/C16H18OS/c1-16(2,3)12-4-8-14(9-5-12)18-15-10-6-13(17)7-11-15/h4-11,17H,1-3H3. The van der Waals surface area contributed by atoms with Crippen molar-refractivity contribution in [3.8, 4) is 5.75 Å². The zero-order valence-corrected chi connectivity index (χ0v) is 11.8. The van der Waals surface area contributed by atoms with Gasteiger partial charge >= 0.3 is 0 Å². The summed E-state index contributed by atoms with van der Waals surface area (Å²) >= 11 is 1.70. The first-order valence-electron chi connectivity index (χ1n) is 6.02. The molecule has 1 nitrogen and oxygen atoms in total. The van der Waals surface area contributed by atoms with Gasteiger partial charge in [-0.05, 0) is 47.4 Å². The van der Waals surface area contributed by atoms with Gasteiger partial charge in [-0.25, -0.2) is 0 Å². The Kier molecular flexibility index (Phi) is 3.67. The van der Waals surface area contributed by atoms with E-state index < -0.39 is 0 Å². The minimum Gasteiger partial charge on any atom is -0.508 e. The van der Waals surface area contributed by atoms with Crippen LogP contribution >= 0.6 is 11.8 Å². The van der Waals surface area contributed by atoms with Crippen LogP contribution in [0.3, 0.4) is 0 Å². The third kappa shape index (κ3) is 3.30. The van der Waals surface area contributed by atoms with Gasteiger partial charge in [0.05, 0.1) is 0 Å². The quantitative estimate of drug-likeness (QED) is 0.831. The molecule has 2 aromatic carbocycles. The second kappa shape index (κ2) is 5.07. The van der Waals surface area contributed by atoms with Crippen LogP contribution in [0.4, 0.5) is 0 Å². The Balaban J connectivity index is 2.13. The number of phenolic OH excluding ortho intramolecular Hbond substituents is 1. The van der Waals surface area contributed by atoms with Crippen molar-refractivity contribution in [2.24, 2.45) is 0 Å². The van der Waals surface area contributed by atoms with Crippen LogP contribution in [0.25, 0.3) is 0 Å². The van der Waals surface area contributed by atoms with Crippen molar-refractivity contribution in [2.45, 2.75) is 36.0 Å². The molecule has 2 heteroatoms. The molecule has 0 aromatic heterocycles. The molecule has 0 aliphatic carbocycles. The minimum absolute atomic E-state index is 0.196. The molecule has 2 rings (SSSR count). The van der Waals surface area contributed by atoms with Gasteiger partial charge in [0.2, 0.25) is 0 Å². The van der Waals surface area contributed by atoms with Crippen LogP contribution in [0.15, 0.2) is 58.3 Å². The predicted octanol–water partition coefficient (Wildman–Crippen LogP) is 4.84. The lowest BCUT2D eigenvalue weighted by atomic mass is 9.87. The topological polar surface area (TPSA) is 20.2 Å². The van der Waals surface area contributed by atoms with Gasteiger partial charge in [-0.15, -0.1) is 0 Å². The molecule has 0 saturated heterocycles. The highest BCUT2D eigenvalue weighted by atomic mass is 32.2. The molecule has 1 N–H and O–H groups in total. The molecule has 0 saturated carbocycles. The first kappa shape index (κ1) is 13.0. The molecule has 0 aliphatic heterocycles. The Labute approximate surface area is 113 Å². The Morgan fingerprint density at radius 2 is 1.22 bits per heavy atom. The lowest BCUT2D eigenvalue weighted by Gasteiger charge is -2.19. The normalized spacial score (nSPS) is 11.5. The van der Waals surface area contributed by atoms with Crippen molar-refractivity contribution in [3.05, 3.63) is 54.1 Å². The molecule has 94 valence electrons. The monoisotopic (exact) mass is 258 g/mol. The van der Waals surface area contributed by atoms with Gasteiger partial charge in [0.15, 0.2) is 0 Å². The van der Waals surface area contributed by atoms with Crippen molar-refractivity contribution in [3.63, 3.8) is 0 Å². The Morgan fingerprint density at radius 1 is 0.778 bits per heavy atom. The van der Waals surface area contributed by atoms with E-state index in [2.05, 4.69) is 45.0 Å². The van der Waals surface area contributed by atoms with Crippen molar-refractivity contribution in [1.82, 2.24) is 0 Å². The van der Waals surface area contributed by atoms with E-state index in [1.165, 1.54) is 10.5 Å². The minimum atomic E-state index is 0.196. The first-order valence-corrected chi connectivity index (χ1v) is 6.84. The Hall–Kier alpha value is -1.41. The van der Waals surface area contributed by atoms with Crippen LogP contribution in [0.2, 0.25) is 0 Å². The van der Waals surface area contributed by atoms with E-state index >= 15 is 0 Å². The fourth-order valence-corrected chi connectivity index (χ4v) is 2.49. The third-order valence-corrected chi connectivity index (χ3v) is 3.81. The number of phenols is 1. The summed E-state index contributed by atoms with van der Waals surface area (Å²) in [7, 11) is 0. The van der Waals surface area contributed by atoms with Gasteiger partial charge in [-0.3, -0.25) is 0 Å². The molecule has 0 radical (unpaired) electrons. The number of hydrogen-bond donors (Lipinski definition) is 1. The van der Waals surface area contributed by atoms with Crippen LogP contribution in [-0.4, -0.2) is 5.11 Å². The third-order valence-electron chi connectivity index (χ3n) is 2.79. The van der Waals surface area contributed by atoms with Crippen LogP contribution < -0.4 is 0 Å². The van der Waals surface area contributed by atoms with E-state index in [-0.39, 0.29) is 5.41 Å². The lowest BCUT2D eigenvalue weighted by Crippen LogP contribution is -2.10. The molecule has 0 amide bonds. The zero-order chi connectivity index (χ0) is 13.2. The largest absolute Gasteiger partial charge is 0.508 e. The van der Waals surface area contributed by atoms with Crippen LogP contribution in [0, 0.1) is 0 Å². The molecule has 0 bridgehead atoms. The van der Waals surface area contributed by atoms with E-state index in [0.29, 0.717) is 5.75 Å². The van der Waals surface area contributed by atoms with E-state index in [9.17, 15) is 5.11 Å². The second-order valence-electron chi connectivity index (χ2n) is 5.37. The number of rotatable bonds is 2. The second-order valence-corrected chi connectivity index (χ2v) is 6.52. The van der Waals surface area contributed by atoms with Crippen LogP contribution in [-0.2, 0) is 5.41 Å². The van der Waals surface area contributed by atoms with Crippen molar-refractivity contribution in [1.29, 1.82) is 0 Å². The van der Waals surface area contributed by atoms with Gasteiger partial charge < -0.3 is 5.11 Å². The van der Waals surface area contributed by atoms with Crippen LogP contribution in [0.1, 0.15) is 26.3 Å². The fourth-order valence-electron chi connectivity index (χ4n) is 1.67. The summed E-state index contributed by atoms with van der Waals surface area (Å²) in [5, 5.41) is 9.24. The van der Waals surface area contributed by atoms with E-state index in [0.717, 1.165) is 4.90 Å². The lowest BCUT2D eigenvalue weighted by molar-refractivity contribution is 0.475. The van der Waals surface area contributed by atoms with Crippen molar-refractivity contribution >= 4 is 11.8 Å². The molecule has 0 atom stereocenters. The van der Waals surface area contributed by atoms with E-state index in [1.807, 2.05) is 12.1 Å². The maximum absolute atomic E-state index is 9.24. The highest BCUT2D eigenvalue weighted by molar-refractivity contribution is 7.99. The molecule has 0 spiro atoms. The maximum atomic E-state index is 9.24. The SMILES string of the molecule is CC(C)(C)c1ccc(Sc2ccc(O)cc2)cc1. The highest BCUT2D eigenvalue weighted by Gasteiger charge is 2.12. The van der Waals surface area contributed by atoms with Gasteiger partial charge in [0, 0.05) is 9.79 Å². The highest BCUT2D eigenvalue weighted by Crippen LogP contribution is 2.30. The smallest absolute Gasteiger partial charge is 0.115 e.